The molecule has 1 N–H and O–H groups in total. The number of rotatable bonds is 7. The molecule has 0 bridgehead atoms. The Hall–Kier alpha value is -2.08. The molecule has 0 atom stereocenters. The van der Waals surface area contributed by atoms with Crippen molar-refractivity contribution in [3.05, 3.63) is 69.6 Å². The summed E-state index contributed by atoms with van der Waals surface area (Å²) < 4.78 is 5.78. The number of carbonyl (C=O) groups excluding carboxylic acids is 1. The number of thiophene rings is 1. The number of hydrogen-bond donors (Lipinski definition) is 1. The first-order valence-electron chi connectivity index (χ1n) is 7.91. The predicted octanol–water partition coefficient (Wildman–Crippen LogP) is 4.41. The summed E-state index contributed by atoms with van der Waals surface area (Å²) in [5, 5.41) is 7.71. The van der Waals surface area contributed by atoms with E-state index in [-0.39, 0.29) is 5.91 Å². The summed E-state index contributed by atoms with van der Waals surface area (Å²) in [5.74, 6) is 1.46. The van der Waals surface area contributed by atoms with Gasteiger partial charge >= 0.3 is 0 Å². The van der Waals surface area contributed by atoms with Crippen LogP contribution in [0.15, 0.2) is 57.6 Å². The standard InChI is InChI=1S/C19H19ClN2O2S/c1-22(11-14-8-9-25-13-14)12-19(23)21-10-17-6-7-18(24-17)15-2-4-16(20)5-3-15/h2-9,13H,10-12H2,1H3,(H,21,23). The van der Waals surface area contributed by atoms with Crippen molar-refractivity contribution in [3.63, 3.8) is 0 Å². The molecule has 2 aromatic heterocycles. The molecule has 6 heteroatoms. The van der Waals surface area contributed by atoms with Crippen molar-refractivity contribution in [1.82, 2.24) is 10.2 Å². The zero-order valence-electron chi connectivity index (χ0n) is 13.9. The zero-order valence-corrected chi connectivity index (χ0v) is 15.4. The average Bonchev–Trinajstić information content (AvgIpc) is 3.25. The summed E-state index contributed by atoms with van der Waals surface area (Å²) in [5.41, 5.74) is 2.18. The van der Waals surface area contributed by atoms with Gasteiger partial charge in [-0.1, -0.05) is 11.6 Å². The van der Waals surface area contributed by atoms with Crippen LogP contribution >= 0.6 is 22.9 Å². The minimum absolute atomic E-state index is 0.0258. The fourth-order valence-corrected chi connectivity index (χ4v) is 3.26. The van der Waals surface area contributed by atoms with Gasteiger partial charge in [-0.15, -0.1) is 0 Å². The Morgan fingerprint density at radius 2 is 2.00 bits per heavy atom. The van der Waals surface area contributed by atoms with E-state index in [0.29, 0.717) is 18.1 Å². The van der Waals surface area contributed by atoms with Crippen LogP contribution in [-0.4, -0.2) is 24.4 Å². The summed E-state index contributed by atoms with van der Waals surface area (Å²) in [6, 6.07) is 13.3. The highest BCUT2D eigenvalue weighted by atomic mass is 35.5. The number of likely N-dealkylation sites (N-methyl/N-ethyl adjacent to an activating group) is 1. The number of nitrogens with zero attached hydrogens (tertiary/aromatic N) is 1. The lowest BCUT2D eigenvalue weighted by Crippen LogP contribution is -2.34. The van der Waals surface area contributed by atoms with Gasteiger partial charge in [0.15, 0.2) is 0 Å². The van der Waals surface area contributed by atoms with Crippen LogP contribution in [0.5, 0.6) is 0 Å². The lowest BCUT2D eigenvalue weighted by molar-refractivity contribution is -0.122. The smallest absolute Gasteiger partial charge is 0.234 e. The Morgan fingerprint density at radius 1 is 1.20 bits per heavy atom. The van der Waals surface area contributed by atoms with Crippen LogP contribution in [0.1, 0.15) is 11.3 Å². The van der Waals surface area contributed by atoms with Crippen LogP contribution in [-0.2, 0) is 17.9 Å². The van der Waals surface area contributed by atoms with E-state index in [1.54, 1.807) is 11.3 Å². The molecule has 0 aliphatic rings. The number of nitrogens with one attached hydrogen (secondary N) is 1. The molecule has 130 valence electrons. The number of amides is 1. The highest BCUT2D eigenvalue weighted by Gasteiger charge is 2.09. The second-order valence-corrected chi connectivity index (χ2v) is 7.07. The molecule has 3 aromatic rings. The monoisotopic (exact) mass is 374 g/mol. The summed E-state index contributed by atoms with van der Waals surface area (Å²) in [6.07, 6.45) is 0. The molecule has 25 heavy (non-hydrogen) atoms. The Balaban J connectivity index is 1.48. The van der Waals surface area contributed by atoms with Crippen LogP contribution in [0.4, 0.5) is 0 Å². The Morgan fingerprint density at radius 3 is 2.72 bits per heavy atom. The first-order chi connectivity index (χ1) is 12.1. The molecule has 0 aliphatic heterocycles. The molecular weight excluding hydrogens is 356 g/mol. The Kier molecular flexibility index (Phi) is 5.91. The maximum Gasteiger partial charge on any atom is 0.234 e. The molecule has 0 saturated heterocycles. The predicted molar refractivity (Wildman–Crippen MR) is 102 cm³/mol. The first-order valence-corrected chi connectivity index (χ1v) is 9.23. The van der Waals surface area contributed by atoms with Crippen molar-refractivity contribution < 1.29 is 9.21 Å². The van der Waals surface area contributed by atoms with E-state index in [1.165, 1.54) is 5.56 Å². The second-order valence-electron chi connectivity index (χ2n) is 5.85. The SMILES string of the molecule is CN(CC(=O)NCc1ccc(-c2ccc(Cl)cc2)o1)Cc1ccsc1. The maximum atomic E-state index is 12.1. The van der Waals surface area contributed by atoms with Gasteiger partial charge in [0.05, 0.1) is 13.1 Å². The highest BCUT2D eigenvalue weighted by molar-refractivity contribution is 7.07. The van der Waals surface area contributed by atoms with Gasteiger partial charge in [-0.3, -0.25) is 9.69 Å². The molecule has 0 radical (unpaired) electrons. The molecule has 1 amide bonds. The van der Waals surface area contributed by atoms with Crippen LogP contribution in [0.3, 0.4) is 0 Å². The first kappa shape index (κ1) is 17.7. The van der Waals surface area contributed by atoms with Gasteiger partial charge in [0, 0.05) is 17.1 Å². The van der Waals surface area contributed by atoms with Gasteiger partial charge in [-0.25, -0.2) is 0 Å². The average molecular weight is 375 g/mol. The van der Waals surface area contributed by atoms with Crippen molar-refractivity contribution in [2.45, 2.75) is 13.1 Å². The maximum absolute atomic E-state index is 12.1. The third-order valence-corrected chi connectivity index (χ3v) is 4.68. The summed E-state index contributed by atoms with van der Waals surface area (Å²) in [7, 11) is 1.93. The van der Waals surface area contributed by atoms with E-state index < -0.39 is 0 Å². The third-order valence-electron chi connectivity index (χ3n) is 3.70. The number of furan rings is 1. The minimum atomic E-state index is -0.0258. The van der Waals surface area contributed by atoms with Gasteiger partial charge in [-0.05, 0) is 65.8 Å². The summed E-state index contributed by atoms with van der Waals surface area (Å²) in [4.78, 5) is 14.0. The lowest BCUT2D eigenvalue weighted by atomic mass is 10.2. The number of hydrogen-bond acceptors (Lipinski definition) is 4. The van der Waals surface area contributed by atoms with Gasteiger partial charge in [-0.2, -0.15) is 11.3 Å². The molecule has 2 heterocycles. The van der Waals surface area contributed by atoms with Gasteiger partial charge in [0.1, 0.15) is 11.5 Å². The molecule has 0 aliphatic carbocycles. The zero-order chi connectivity index (χ0) is 17.6. The van der Waals surface area contributed by atoms with Gasteiger partial charge in [0.25, 0.3) is 0 Å². The fourth-order valence-electron chi connectivity index (χ4n) is 2.48. The Bertz CT molecular complexity index is 812. The lowest BCUT2D eigenvalue weighted by Gasteiger charge is -2.15. The quantitative estimate of drug-likeness (QED) is 0.666. The van der Waals surface area contributed by atoms with Crippen LogP contribution in [0, 0.1) is 0 Å². The van der Waals surface area contributed by atoms with Crippen LogP contribution in [0.2, 0.25) is 5.02 Å². The van der Waals surface area contributed by atoms with Crippen LogP contribution < -0.4 is 5.32 Å². The Labute approximate surface area is 156 Å². The second kappa shape index (κ2) is 8.34. The van der Waals surface area contributed by atoms with E-state index in [2.05, 4.69) is 16.8 Å². The normalized spacial score (nSPS) is 11.0. The highest BCUT2D eigenvalue weighted by Crippen LogP contribution is 2.23. The molecule has 0 unspecified atom stereocenters. The number of benzene rings is 1. The summed E-state index contributed by atoms with van der Waals surface area (Å²) in [6.45, 7) is 1.48. The minimum Gasteiger partial charge on any atom is -0.459 e. The topological polar surface area (TPSA) is 45.5 Å². The third kappa shape index (κ3) is 5.19. The number of halogens is 1. The van der Waals surface area contributed by atoms with Crippen LogP contribution in [0.25, 0.3) is 11.3 Å². The molecule has 1 aromatic carbocycles. The van der Waals surface area contributed by atoms with Crippen molar-refractivity contribution in [1.29, 1.82) is 0 Å². The van der Waals surface area contributed by atoms with Crippen molar-refractivity contribution >= 4 is 28.8 Å². The molecule has 0 fully saturated rings. The molecule has 0 spiro atoms. The van der Waals surface area contributed by atoms with Crippen molar-refractivity contribution in [2.24, 2.45) is 0 Å². The van der Waals surface area contributed by atoms with Crippen molar-refractivity contribution in [2.75, 3.05) is 13.6 Å². The molecular formula is C19H19ClN2O2S. The van der Waals surface area contributed by atoms with Crippen molar-refractivity contribution in [3.8, 4) is 11.3 Å². The van der Waals surface area contributed by atoms with Gasteiger partial charge in [0.2, 0.25) is 5.91 Å². The van der Waals surface area contributed by atoms with E-state index in [1.807, 2.05) is 53.7 Å². The molecule has 3 rings (SSSR count). The fraction of sp³-hybridized carbons (Fsp3) is 0.211. The largest absolute Gasteiger partial charge is 0.459 e. The summed E-state index contributed by atoms with van der Waals surface area (Å²) >= 11 is 7.56. The molecule has 4 nitrogen and oxygen atoms in total. The van der Waals surface area contributed by atoms with E-state index in [4.69, 9.17) is 16.0 Å². The molecule has 0 saturated carbocycles. The van der Waals surface area contributed by atoms with Gasteiger partial charge < -0.3 is 9.73 Å². The van der Waals surface area contributed by atoms with E-state index in [0.717, 1.165) is 23.6 Å². The van der Waals surface area contributed by atoms with E-state index >= 15 is 0 Å². The number of carbonyl (C=O) groups is 1. The van der Waals surface area contributed by atoms with E-state index in [9.17, 15) is 4.79 Å².